The lowest BCUT2D eigenvalue weighted by Gasteiger charge is -2.16. The van der Waals surface area contributed by atoms with Gasteiger partial charge in [-0.15, -0.1) is 10.2 Å². The predicted octanol–water partition coefficient (Wildman–Crippen LogP) is 2.56. The molecule has 1 aromatic carbocycles. The van der Waals surface area contributed by atoms with E-state index in [-0.39, 0.29) is 22.7 Å². The number of hydrogen-bond donors (Lipinski definition) is 0. The van der Waals surface area contributed by atoms with Crippen LogP contribution in [-0.2, 0) is 30.8 Å². The lowest BCUT2D eigenvalue weighted by Crippen LogP contribution is -2.27. The highest BCUT2D eigenvalue weighted by Gasteiger charge is 2.27. The van der Waals surface area contributed by atoms with Gasteiger partial charge in [-0.05, 0) is 56.9 Å². The molecule has 0 unspecified atom stereocenters. The average Bonchev–Trinajstić information content (AvgIpc) is 3.56. The monoisotopic (exact) mass is 480 g/mol. The molecule has 0 bridgehead atoms. The summed E-state index contributed by atoms with van der Waals surface area (Å²) >= 11 is 1.27. The van der Waals surface area contributed by atoms with E-state index in [0.29, 0.717) is 37.2 Å². The summed E-state index contributed by atoms with van der Waals surface area (Å²) in [6.45, 7) is 4.55. The van der Waals surface area contributed by atoms with Gasteiger partial charge in [0.25, 0.3) is 0 Å². The molecule has 2 fully saturated rings. The van der Waals surface area contributed by atoms with Crippen LogP contribution in [0.3, 0.4) is 0 Å². The highest BCUT2D eigenvalue weighted by atomic mass is 32.2. The topological polar surface area (TPSA) is 104 Å². The van der Waals surface area contributed by atoms with Gasteiger partial charge < -0.3 is 9.47 Å². The minimum absolute atomic E-state index is 0.0570. The van der Waals surface area contributed by atoms with Crippen molar-refractivity contribution in [3.05, 3.63) is 24.3 Å². The molecule has 2 saturated heterocycles. The van der Waals surface area contributed by atoms with Gasteiger partial charge >= 0.3 is 5.97 Å². The Bertz CT molecular complexity index is 1030. The molecular formula is C21H28N4O5S2. The summed E-state index contributed by atoms with van der Waals surface area (Å²) in [7, 11) is -3.47. The zero-order chi connectivity index (χ0) is 22.6. The van der Waals surface area contributed by atoms with Crippen LogP contribution >= 0.6 is 11.8 Å². The van der Waals surface area contributed by atoms with E-state index in [2.05, 4.69) is 10.2 Å². The van der Waals surface area contributed by atoms with Gasteiger partial charge in [0.15, 0.2) is 11.0 Å². The van der Waals surface area contributed by atoms with Crippen molar-refractivity contribution in [2.45, 2.75) is 55.3 Å². The normalized spacial score (nSPS) is 19.5. The Morgan fingerprint density at radius 1 is 1.19 bits per heavy atom. The maximum atomic E-state index is 12.8. The number of aromatic nitrogens is 3. The number of hydrogen-bond acceptors (Lipinski definition) is 8. The maximum absolute atomic E-state index is 12.8. The van der Waals surface area contributed by atoms with Crippen LogP contribution in [0.25, 0.3) is 11.4 Å². The fourth-order valence-corrected chi connectivity index (χ4v) is 6.21. The van der Waals surface area contributed by atoms with Crippen LogP contribution in [-0.4, -0.2) is 71.6 Å². The van der Waals surface area contributed by atoms with Gasteiger partial charge in [0.1, 0.15) is 0 Å². The first-order chi connectivity index (χ1) is 15.5. The summed E-state index contributed by atoms with van der Waals surface area (Å²) in [6, 6.07) is 6.77. The molecule has 2 aliphatic rings. The number of esters is 1. The number of carbonyl (C=O) groups is 1. The molecule has 3 heterocycles. The summed E-state index contributed by atoms with van der Waals surface area (Å²) in [4.78, 5) is 12.1. The summed E-state index contributed by atoms with van der Waals surface area (Å²) in [5.41, 5.74) is 0.763. The van der Waals surface area contributed by atoms with Crippen molar-refractivity contribution in [3.63, 3.8) is 0 Å². The van der Waals surface area contributed by atoms with Crippen molar-refractivity contribution in [2.24, 2.45) is 0 Å². The molecule has 9 nitrogen and oxygen atoms in total. The van der Waals surface area contributed by atoms with Crippen molar-refractivity contribution in [1.82, 2.24) is 19.1 Å². The molecule has 174 valence electrons. The Balaban J connectivity index is 1.58. The zero-order valence-electron chi connectivity index (χ0n) is 18.1. The smallest absolute Gasteiger partial charge is 0.316 e. The van der Waals surface area contributed by atoms with Gasteiger partial charge in [0, 0.05) is 25.3 Å². The largest absolute Gasteiger partial charge is 0.465 e. The molecule has 1 aromatic heterocycles. The van der Waals surface area contributed by atoms with E-state index >= 15 is 0 Å². The third kappa shape index (κ3) is 5.16. The molecule has 1 atom stereocenters. The SMILES string of the molecule is CCOC(=O)CSc1nnc(-c2ccc(S(=O)(=O)N3CCCC3)cc2)n1C[C@H]1CCCO1. The molecule has 0 spiro atoms. The molecule has 0 saturated carbocycles. The van der Waals surface area contributed by atoms with Crippen LogP contribution in [0.5, 0.6) is 0 Å². The van der Waals surface area contributed by atoms with Crippen molar-refractivity contribution in [1.29, 1.82) is 0 Å². The van der Waals surface area contributed by atoms with E-state index in [4.69, 9.17) is 9.47 Å². The quantitative estimate of drug-likeness (QED) is 0.398. The van der Waals surface area contributed by atoms with E-state index in [9.17, 15) is 13.2 Å². The van der Waals surface area contributed by atoms with Crippen molar-refractivity contribution >= 4 is 27.8 Å². The van der Waals surface area contributed by atoms with E-state index in [1.807, 2.05) is 4.57 Å². The highest BCUT2D eigenvalue weighted by Crippen LogP contribution is 2.28. The molecule has 0 N–H and O–H groups in total. The van der Waals surface area contributed by atoms with E-state index in [0.717, 1.165) is 37.9 Å². The lowest BCUT2D eigenvalue weighted by atomic mass is 10.2. The number of sulfonamides is 1. The molecule has 32 heavy (non-hydrogen) atoms. The predicted molar refractivity (Wildman–Crippen MR) is 120 cm³/mol. The van der Waals surface area contributed by atoms with E-state index in [1.165, 1.54) is 16.1 Å². The fourth-order valence-electron chi connectivity index (χ4n) is 3.95. The Labute approximate surface area is 192 Å². The van der Waals surface area contributed by atoms with Crippen molar-refractivity contribution in [2.75, 3.05) is 32.1 Å². The molecule has 2 aliphatic heterocycles. The summed E-state index contributed by atoms with van der Waals surface area (Å²) in [6.07, 6.45) is 3.82. The van der Waals surface area contributed by atoms with Gasteiger partial charge in [-0.3, -0.25) is 9.36 Å². The average molecular weight is 481 g/mol. The second kappa shape index (κ2) is 10.3. The van der Waals surface area contributed by atoms with Gasteiger partial charge in [0.05, 0.1) is 29.9 Å². The highest BCUT2D eigenvalue weighted by molar-refractivity contribution is 7.99. The lowest BCUT2D eigenvalue weighted by molar-refractivity contribution is -0.139. The van der Waals surface area contributed by atoms with Gasteiger partial charge in [-0.1, -0.05) is 11.8 Å². The third-order valence-corrected chi connectivity index (χ3v) is 8.42. The van der Waals surface area contributed by atoms with Crippen molar-refractivity contribution in [3.8, 4) is 11.4 Å². The molecule has 2 aromatic rings. The van der Waals surface area contributed by atoms with E-state index < -0.39 is 10.0 Å². The molecule has 0 aliphatic carbocycles. The Morgan fingerprint density at radius 3 is 2.59 bits per heavy atom. The van der Waals surface area contributed by atoms with Crippen LogP contribution in [0.4, 0.5) is 0 Å². The minimum Gasteiger partial charge on any atom is -0.465 e. The van der Waals surface area contributed by atoms with E-state index in [1.54, 1.807) is 31.2 Å². The zero-order valence-corrected chi connectivity index (χ0v) is 19.7. The van der Waals surface area contributed by atoms with Gasteiger partial charge in [-0.25, -0.2) is 8.42 Å². The van der Waals surface area contributed by atoms with Gasteiger partial charge in [0.2, 0.25) is 10.0 Å². The second-order valence-corrected chi connectivity index (χ2v) is 10.7. The Hall–Kier alpha value is -1.95. The summed E-state index contributed by atoms with van der Waals surface area (Å²) in [5.74, 6) is 0.462. The molecular weight excluding hydrogens is 452 g/mol. The number of carbonyl (C=O) groups excluding carboxylic acids is 1. The van der Waals surface area contributed by atoms with Crippen LogP contribution in [0.2, 0.25) is 0 Å². The van der Waals surface area contributed by atoms with Crippen LogP contribution in [0.15, 0.2) is 34.3 Å². The molecule has 0 radical (unpaired) electrons. The number of rotatable bonds is 9. The molecule has 0 amide bonds. The number of benzene rings is 1. The fraction of sp³-hybridized carbons (Fsp3) is 0.571. The second-order valence-electron chi connectivity index (χ2n) is 7.78. The van der Waals surface area contributed by atoms with Crippen LogP contribution in [0.1, 0.15) is 32.6 Å². The summed E-state index contributed by atoms with van der Waals surface area (Å²) in [5, 5.41) is 9.24. The van der Waals surface area contributed by atoms with Crippen LogP contribution < -0.4 is 0 Å². The number of nitrogens with zero attached hydrogens (tertiary/aromatic N) is 4. The Morgan fingerprint density at radius 2 is 1.94 bits per heavy atom. The third-order valence-electron chi connectivity index (χ3n) is 5.57. The summed E-state index contributed by atoms with van der Waals surface area (Å²) < 4.78 is 39.9. The standard InChI is InChI=1S/C21H28N4O5S2/c1-2-29-19(26)15-31-21-23-22-20(25(21)14-17-6-5-13-30-17)16-7-9-18(10-8-16)32(27,28)24-11-3-4-12-24/h7-10,17H,2-6,11-15H2,1H3/t17-/m1/s1. The first-order valence-electron chi connectivity index (χ1n) is 10.9. The number of thioether (sulfide) groups is 1. The maximum Gasteiger partial charge on any atom is 0.316 e. The van der Waals surface area contributed by atoms with Gasteiger partial charge in [-0.2, -0.15) is 4.31 Å². The molecule has 11 heteroatoms. The minimum atomic E-state index is -3.47. The molecule has 4 rings (SSSR count). The number of ether oxygens (including phenoxy) is 2. The van der Waals surface area contributed by atoms with Crippen molar-refractivity contribution < 1.29 is 22.7 Å². The van der Waals surface area contributed by atoms with Crippen LogP contribution in [0, 0.1) is 0 Å². The first kappa shape index (κ1) is 23.2. The Kier molecular flexibility index (Phi) is 7.49. The first-order valence-corrected chi connectivity index (χ1v) is 13.4.